The van der Waals surface area contributed by atoms with Crippen LogP contribution in [0.1, 0.15) is 40.5 Å². The quantitative estimate of drug-likeness (QED) is 0.571. The molecular weight excluding hydrogens is 386 g/mol. The van der Waals surface area contributed by atoms with E-state index in [1.807, 2.05) is 0 Å². The van der Waals surface area contributed by atoms with Crippen molar-refractivity contribution in [3.63, 3.8) is 0 Å². The lowest BCUT2D eigenvalue weighted by Crippen LogP contribution is -2.42. The van der Waals surface area contributed by atoms with Crippen LogP contribution in [0.3, 0.4) is 0 Å². The minimum atomic E-state index is 0. The van der Waals surface area contributed by atoms with Gasteiger partial charge in [-0.25, -0.2) is 0 Å². The Hall–Kier alpha value is -0.240. The number of hydrogen-bond donors (Lipinski definition) is 0. The second kappa shape index (κ2) is 18.2. The zero-order chi connectivity index (χ0) is 22.4. The van der Waals surface area contributed by atoms with E-state index in [1.165, 1.54) is 71.6 Å². The maximum Gasteiger partial charge on any atom is 0.0594 e. The molecule has 6 nitrogen and oxygen atoms in total. The summed E-state index contributed by atoms with van der Waals surface area (Å²) in [6, 6.07) is 0. The van der Waals surface area contributed by atoms with Crippen molar-refractivity contribution in [2.45, 2.75) is 40.5 Å². The van der Waals surface area contributed by atoms with Gasteiger partial charge in [-0.05, 0) is 86.0 Å². The summed E-state index contributed by atoms with van der Waals surface area (Å²) >= 11 is 0. The van der Waals surface area contributed by atoms with Gasteiger partial charge in [0.25, 0.3) is 0 Å². The van der Waals surface area contributed by atoms with Gasteiger partial charge in [-0.2, -0.15) is 0 Å². The molecule has 4 aliphatic rings. The highest BCUT2D eigenvalue weighted by Crippen LogP contribution is 2.13. The van der Waals surface area contributed by atoms with Crippen LogP contribution in [0.4, 0.5) is 0 Å². The predicted octanol–water partition coefficient (Wildman–Crippen LogP) is 2.75. The topological polar surface area (TPSA) is 25.4 Å². The summed E-state index contributed by atoms with van der Waals surface area (Å²) in [6.45, 7) is 18.8. The molecule has 4 aliphatic heterocycles. The number of rotatable bonds is 0. The van der Waals surface area contributed by atoms with Crippen LogP contribution in [0.25, 0.3) is 0 Å². The fourth-order valence-corrected chi connectivity index (χ4v) is 3.85. The minimum absolute atomic E-state index is 0. The zero-order valence-electron chi connectivity index (χ0n) is 21.4. The number of morpholine rings is 1. The molecule has 0 spiro atoms. The summed E-state index contributed by atoms with van der Waals surface area (Å²) in [5.41, 5.74) is 0. The maximum absolute atomic E-state index is 5.10. The van der Waals surface area contributed by atoms with E-state index in [1.54, 1.807) is 0 Å². The van der Waals surface area contributed by atoms with Crippen molar-refractivity contribution in [1.29, 1.82) is 0 Å². The number of likely N-dealkylation sites (N-methyl/N-ethyl adjacent to an activating group) is 3. The Balaban J connectivity index is 0.000000384. The smallest absolute Gasteiger partial charge is 0.0594 e. The fourth-order valence-electron chi connectivity index (χ4n) is 3.85. The predicted molar refractivity (Wildman–Crippen MR) is 137 cm³/mol. The summed E-state index contributed by atoms with van der Waals surface area (Å²) < 4.78 is 5.10. The van der Waals surface area contributed by atoms with E-state index in [4.69, 9.17) is 4.74 Å². The van der Waals surface area contributed by atoms with Crippen LogP contribution in [0, 0.1) is 11.8 Å². The van der Waals surface area contributed by atoms with Crippen LogP contribution < -0.4 is 0 Å². The Kier molecular flexibility index (Phi) is 18.1. The molecule has 0 saturated carbocycles. The molecule has 4 fully saturated rings. The Morgan fingerprint density at radius 2 is 0.839 bits per heavy atom. The van der Waals surface area contributed by atoms with Crippen molar-refractivity contribution in [3.8, 4) is 0 Å². The van der Waals surface area contributed by atoms with Gasteiger partial charge in [0.05, 0.1) is 13.2 Å². The molecule has 0 aromatic rings. The van der Waals surface area contributed by atoms with Gasteiger partial charge in [0.1, 0.15) is 0 Å². The molecule has 1 unspecified atom stereocenters. The average molecular weight is 444 g/mol. The molecular formula is C25H57N5O. The maximum atomic E-state index is 5.10. The Bertz CT molecular complexity index is 337. The van der Waals surface area contributed by atoms with Crippen molar-refractivity contribution < 1.29 is 4.74 Å². The molecule has 0 radical (unpaired) electrons. The van der Waals surface area contributed by atoms with Crippen LogP contribution in [-0.2, 0) is 4.74 Å². The summed E-state index contributed by atoms with van der Waals surface area (Å²) in [6.07, 6.45) is 4.20. The van der Waals surface area contributed by atoms with Crippen LogP contribution in [0.2, 0.25) is 0 Å². The molecule has 0 amide bonds. The van der Waals surface area contributed by atoms with Crippen molar-refractivity contribution in [3.05, 3.63) is 0 Å². The summed E-state index contributed by atoms with van der Waals surface area (Å²) in [4.78, 5) is 11.8. The number of likely N-dealkylation sites (tertiary alicyclic amines) is 2. The standard InChI is InChI=1S/C7H15N.C6H14N2.C6H13N.C5H11NO.CH4/c2*1-7-3-5-8(2)6-4-7;1-6-3-4-7(2)5-6;1-6-2-4-7-5-3-6;/h7H,3-6H2,1-2H3;3-6H2,1-2H3;6H,3-5H2,1-2H3;2-5H2,1H3;1H4. The summed E-state index contributed by atoms with van der Waals surface area (Å²) in [7, 11) is 10.8. The normalized spacial score (nSPS) is 27.0. The SMILES string of the molecule is C.CC1CCN(C)C1.CC1CCN(C)CC1.CN1CCN(C)CC1.CN1CCOCC1. The first kappa shape index (κ1) is 30.8. The molecule has 0 aromatic carbocycles. The number of piperazine rings is 1. The minimum Gasteiger partial charge on any atom is -0.379 e. The first-order valence-electron chi connectivity index (χ1n) is 12.3. The van der Waals surface area contributed by atoms with E-state index in [9.17, 15) is 0 Å². The van der Waals surface area contributed by atoms with Gasteiger partial charge >= 0.3 is 0 Å². The third-order valence-electron chi connectivity index (χ3n) is 6.60. The van der Waals surface area contributed by atoms with Crippen molar-refractivity contribution in [1.82, 2.24) is 24.5 Å². The van der Waals surface area contributed by atoms with Crippen molar-refractivity contribution in [2.24, 2.45) is 11.8 Å². The van der Waals surface area contributed by atoms with E-state index in [0.717, 1.165) is 38.1 Å². The van der Waals surface area contributed by atoms with Gasteiger partial charge in [-0.15, -0.1) is 0 Å². The molecule has 0 aliphatic carbocycles. The highest BCUT2D eigenvalue weighted by molar-refractivity contribution is 4.68. The molecule has 0 aromatic heterocycles. The summed E-state index contributed by atoms with van der Waals surface area (Å²) in [5, 5.41) is 0. The van der Waals surface area contributed by atoms with Gasteiger partial charge in [-0.3, -0.25) is 0 Å². The van der Waals surface area contributed by atoms with Crippen LogP contribution >= 0.6 is 0 Å². The Morgan fingerprint density at radius 3 is 1.10 bits per heavy atom. The third-order valence-corrected chi connectivity index (χ3v) is 6.60. The molecule has 31 heavy (non-hydrogen) atoms. The molecule has 6 heteroatoms. The molecule has 1 atom stereocenters. The number of ether oxygens (including phenoxy) is 1. The van der Waals surface area contributed by atoms with E-state index in [-0.39, 0.29) is 7.43 Å². The van der Waals surface area contributed by atoms with Gasteiger partial charge in [-0.1, -0.05) is 21.3 Å². The van der Waals surface area contributed by atoms with Crippen LogP contribution in [0.15, 0.2) is 0 Å². The Morgan fingerprint density at radius 1 is 0.484 bits per heavy atom. The lowest BCUT2D eigenvalue weighted by atomic mass is 10.00. The van der Waals surface area contributed by atoms with Gasteiger partial charge in [0, 0.05) is 45.8 Å². The Labute approximate surface area is 195 Å². The summed E-state index contributed by atoms with van der Waals surface area (Å²) in [5.74, 6) is 1.93. The largest absolute Gasteiger partial charge is 0.379 e. The van der Waals surface area contributed by atoms with Gasteiger partial charge in [0.2, 0.25) is 0 Å². The van der Waals surface area contributed by atoms with E-state index >= 15 is 0 Å². The van der Waals surface area contributed by atoms with E-state index in [0.29, 0.717) is 0 Å². The molecule has 4 heterocycles. The highest BCUT2D eigenvalue weighted by atomic mass is 16.5. The zero-order valence-corrected chi connectivity index (χ0v) is 21.4. The molecule has 4 saturated heterocycles. The van der Waals surface area contributed by atoms with Gasteiger partial charge in [0.15, 0.2) is 0 Å². The lowest BCUT2D eigenvalue weighted by molar-refractivity contribution is 0.0503. The number of hydrogen-bond acceptors (Lipinski definition) is 6. The van der Waals surface area contributed by atoms with Gasteiger partial charge < -0.3 is 29.2 Å². The molecule has 4 rings (SSSR count). The van der Waals surface area contributed by atoms with Crippen LogP contribution in [-0.4, -0.2) is 138 Å². The highest BCUT2D eigenvalue weighted by Gasteiger charge is 2.13. The van der Waals surface area contributed by atoms with Crippen LogP contribution in [0.5, 0.6) is 0 Å². The first-order chi connectivity index (χ1) is 14.3. The number of piperidine rings is 1. The van der Waals surface area contributed by atoms with Crippen molar-refractivity contribution in [2.75, 3.05) is 114 Å². The second-order valence-electron chi connectivity index (χ2n) is 10.2. The number of nitrogens with zero attached hydrogens (tertiary/aromatic N) is 5. The van der Waals surface area contributed by atoms with E-state index < -0.39 is 0 Å². The third kappa shape index (κ3) is 17.0. The van der Waals surface area contributed by atoms with Crippen molar-refractivity contribution >= 4 is 0 Å². The lowest BCUT2D eigenvalue weighted by Gasteiger charge is -2.28. The first-order valence-corrected chi connectivity index (χ1v) is 12.3. The average Bonchev–Trinajstić information content (AvgIpc) is 3.11. The molecule has 0 N–H and O–H groups in total. The second-order valence-corrected chi connectivity index (χ2v) is 10.2. The molecule has 0 bridgehead atoms. The fraction of sp³-hybridized carbons (Fsp3) is 1.00. The van der Waals surface area contributed by atoms with E-state index in [2.05, 4.69) is 73.6 Å². The monoisotopic (exact) mass is 443 g/mol. The molecule has 188 valence electrons.